The quantitative estimate of drug-likeness (QED) is 0.410. The first-order chi connectivity index (χ1) is 12.3. The van der Waals surface area contributed by atoms with Crippen LogP contribution in [0, 0.1) is 6.92 Å². The lowest BCUT2D eigenvalue weighted by Crippen LogP contribution is -1.89. The Morgan fingerprint density at radius 2 is 1.60 bits per heavy atom. The molecular weight excluding hydrogens is 304 g/mol. The second-order valence-electron chi connectivity index (χ2n) is 6.68. The Bertz CT molecular complexity index is 1120. The van der Waals surface area contributed by atoms with E-state index < -0.39 is 0 Å². The van der Waals surface area contributed by atoms with Crippen LogP contribution in [0.3, 0.4) is 0 Å². The van der Waals surface area contributed by atoms with Gasteiger partial charge in [-0.25, -0.2) is 0 Å². The second-order valence-corrected chi connectivity index (χ2v) is 6.68. The molecular formula is C24H18O. The van der Waals surface area contributed by atoms with Crippen molar-refractivity contribution in [3.63, 3.8) is 0 Å². The van der Waals surface area contributed by atoms with Gasteiger partial charge in [0.05, 0.1) is 6.26 Å². The van der Waals surface area contributed by atoms with Crippen molar-refractivity contribution in [3.05, 3.63) is 95.4 Å². The van der Waals surface area contributed by atoms with E-state index in [1.54, 1.807) is 6.26 Å². The van der Waals surface area contributed by atoms with Gasteiger partial charge in [-0.3, -0.25) is 0 Å². The Hall–Kier alpha value is -3.06. The number of benzene rings is 3. The number of hydrogen-bond donors (Lipinski definition) is 0. The summed E-state index contributed by atoms with van der Waals surface area (Å²) in [7, 11) is 0. The molecule has 0 aliphatic heterocycles. The van der Waals surface area contributed by atoms with Crippen LogP contribution in [0.2, 0.25) is 0 Å². The van der Waals surface area contributed by atoms with Crippen LogP contribution in [0.4, 0.5) is 0 Å². The molecule has 0 bridgehead atoms. The summed E-state index contributed by atoms with van der Waals surface area (Å²) in [6, 6.07) is 23.8. The Kier molecular flexibility index (Phi) is 3.14. The van der Waals surface area contributed by atoms with Gasteiger partial charge >= 0.3 is 0 Å². The van der Waals surface area contributed by atoms with Crippen molar-refractivity contribution in [2.24, 2.45) is 0 Å². The zero-order valence-corrected chi connectivity index (χ0v) is 14.1. The van der Waals surface area contributed by atoms with Gasteiger partial charge in [0.1, 0.15) is 5.76 Å². The minimum atomic E-state index is 0.933. The van der Waals surface area contributed by atoms with E-state index in [4.69, 9.17) is 4.42 Å². The van der Waals surface area contributed by atoms with Crippen LogP contribution in [0.15, 0.2) is 77.4 Å². The van der Waals surface area contributed by atoms with E-state index in [-0.39, 0.29) is 0 Å². The fraction of sp³-hybridized carbons (Fsp3) is 0.0833. The third-order valence-corrected chi connectivity index (χ3v) is 5.13. The molecule has 1 heterocycles. The summed E-state index contributed by atoms with van der Waals surface area (Å²) in [5, 5.41) is 2.58. The van der Waals surface area contributed by atoms with E-state index in [1.165, 1.54) is 44.2 Å². The lowest BCUT2D eigenvalue weighted by Gasteiger charge is -2.11. The van der Waals surface area contributed by atoms with Crippen molar-refractivity contribution in [2.45, 2.75) is 13.3 Å². The number of hydrogen-bond acceptors (Lipinski definition) is 1. The molecule has 120 valence electrons. The Morgan fingerprint density at radius 3 is 2.48 bits per heavy atom. The number of rotatable bonds is 2. The molecule has 0 saturated carbocycles. The third-order valence-electron chi connectivity index (χ3n) is 5.13. The highest BCUT2D eigenvalue weighted by molar-refractivity contribution is 6.01. The first-order valence-corrected chi connectivity index (χ1v) is 8.66. The number of fused-ring (bicyclic) bond motifs is 2. The van der Waals surface area contributed by atoms with E-state index in [9.17, 15) is 0 Å². The zero-order chi connectivity index (χ0) is 16.8. The molecule has 1 nitrogen and oxygen atoms in total. The van der Waals surface area contributed by atoms with Gasteiger partial charge in [0.25, 0.3) is 0 Å². The molecule has 5 rings (SSSR count). The maximum atomic E-state index is 5.73. The highest BCUT2D eigenvalue weighted by Gasteiger charge is 2.21. The van der Waals surface area contributed by atoms with Crippen LogP contribution in [0.25, 0.3) is 33.5 Å². The van der Waals surface area contributed by atoms with E-state index in [0.717, 1.165) is 12.2 Å². The van der Waals surface area contributed by atoms with E-state index >= 15 is 0 Å². The average Bonchev–Trinajstić information content (AvgIpc) is 3.26. The summed E-state index contributed by atoms with van der Waals surface area (Å²) in [5.41, 5.74) is 7.76. The molecule has 0 saturated heterocycles. The van der Waals surface area contributed by atoms with Gasteiger partial charge in [0, 0.05) is 12.0 Å². The van der Waals surface area contributed by atoms with Crippen molar-refractivity contribution in [3.8, 4) is 11.1 Å². The number of allylic oxidation sites excluding steroid dienone is 1. The van der Waals surface area contributed by atoms with Crippen LogP contribution in [0.5, 0.6) is 0 Å². The molecule has 0 fully saturated rings. The van der Waals surface area contributed by atoms with Crippen LogP contribution in [-0.4, -0.2) is 0 Å². The minimum absolute atomic E-state index is 0.933. The van der Waals surface area contributed by atoms with E-state index in [2.05, 4.69) is 73.7 Å². The fourth-order valence-corrected chi connectivity index (χ4v) is 3.91. The monoisotopic (exact) mass is 322 g/mol. The van der Waals surface area contributed by atoms with Gasteiger partial charge in [-0.15, -0.1) is 0 Å². The van der Waals surface area contributed by atoms with E-state index in [0.29, 0.717) is 0 Å². The van der Waals surface area contributed by atoms with Gasteiger partial charge < -0.3 is 4.42 Å². The maximum absolute atomic E-state index is 5.73. The highest BCUT2D eigenvalue weighted by Crippen LogP contribution is 2.40. The zero-order valence-electron chi connectivity index (χ0n) is 14.1. The molecule has 1 aromatic heterocycles. The molecule has 4 aromatic rings. The molecule has 0 amide bonds. The van der Waals surface area contributed by atoms with Crippen LogP contribution >= 0.6 is 0 Å². The molecule has 1 heteroatoms. The first kappa shape index (κ1) is 14.3. The molecule has 0 unspecified atom stereocenters. The normalized spacial score (nSPS) is 13.1. The van der Waals surface area contributed by atoms with Crippen molar-refractivity contribution < 1.29 is 4.42 Å². The smallest absolute Gasteiger partial charge is 0.133 e. The van der Waals surface area contributed by atoms with Crippen LogP contribution in [0.1, 0.15) is 22.5 Å². The summed E-state index contributed by atoms with van der Waals surface area (Å²) in [6.07, 6.45) is 5.01. The van der Waals surface area contributed by atoms with Crippen molar-refractivity contribution in [1.82, 2.24) is 0 Å². The van der Waals surface area contributed by atoms with Crippen molar-refractivity contribution in [2.75, 3.05) is 0 Å². The van der Waals surface area contributed by atoms with Gasteiger partial charge in [-0.2, -0.15) is 0 Å². The summed E-state index contributed by atoms with van der Waals surface area (Å²) >= 11 is 0. The van der Waals surface area contributed by atoms with E-state index in [1.807, 2.05) is 6.07 Å². The van der Waals surface area contributed by atoms with Gasteiger partial charge in [-0.05, 0) is 57.7 Å². The van der Waals surface area contributed by atoms with Crippen LogP contribution in [-0.2, 0) is 6.42 Å². The lowest BCUT2D eigenvalue weighted by atomic mass is 9.93. The Morgan fingerprint density at radius 1 is 0.800 bits per heavy atom. The standard InChI is InChI=1S/C24H18O/c1-16-12-13-25-24(16)19-14-18-8-5-11-22(23(18)15-19)21-10-4-7-17-6-2-3-9-20(17)21/h2-13,15H,14H2,1H3. The largest absolute Gasteiger partial charge is 0.464 e. The maximum Gasteiger partial charge on any atom is 0.133 e. The minimum Gasteiger partial charge on any atom is -0.464 e. The summed E-state index contributed by atoms with van der Waals surface area (Å²) in [6.45, 7) is 2.11. The molecule has 0 radical (unpaired) electrons. The van der Waals surface area contributed by atoms with Crippen molar-refractivity contribution in [1.29, 1.82) is 0 Å². The SMILES string of the molecule is Cc1ccoc1C1=Cc2c(cccc2-c2cccc3ccccc23)C1. The molecule has 0 atom stereocenters. The number of furan rings is 1. The van der Waals surface area contributed by atoms with Gasteiger partial charge in [-0.1, -0.05) is 60.7 Å². The second kappa shape index (κ2) is 5.49. The predicted octanol–water partition coefficient (Wildman–Crippen LogP) is 6.50. The summed E-state index contributed by atoms with van der Waals surface area (Å²) < 4.78 is 5.73. The van der Waals surface area contributed by atoms with Gasteiger partial charge in [0.2, 0.25) is 0 Å². The molecule has 3 aromatic carbocycles. The number of aryl methyl sites for hydroxylation is 1. The Balaban J connectivity index is 1.72. The topological polar surface area (TPSA) is 13.1 Å². The summed E-state index contributed by atoms with van der Waals surface area (Å²) in [5.74, 6) is 1.01. The van der Waals surface area contributed by atoms with Gasteiger partial charge in [0.15, 0.2) is 0 Å². The highest BCUT2D eigenvalue weighted by atomic mass is 16.3. The summed E-state index contributed by atoms with van der Waals surface area (Å²) in [4.78, 5) is 0. The molecule has 0 spiro atoms. The first-order valence-electron chi connectivity index (χ1n) is 8.66. The Labute approximate surface area is 147 Å². The molecule has 25 heavy (non-hydrogen) atoms. The van der Waals surface area contributed by atoms with Crippen LogP contribution < -0.4 is 0 Å². The van der Waals surface area contributed by atoms with Crippen molar-refractivity contribution >= 4 is 22.4 Å². The lowest BCUT2D eigenvalue weighted by molar-refractivity contribution is 0.550. The fourth-order valence-electron chi connectivity index (χ4n) is 3.91. The molecule has 1 aliphatic rings. The molecule has 1 aliphatic carbocycles. The predicted molar refractivity (Wildman–Crippen MR) is 104 cm³/mol. The molecule has 0 N–H and O–H groups in total. The third kappa shape index (κ3) is 2.24. The average molecular weight is 322 g/mol.